The van der Waals surface area contributed by atoms with Crippen molar-refractivity contribution in [1.82, 2.24) is 0 Å². The molecule has 0 aliphatic rings. The summed E-state index contributed by atoms with van der Waals surface area (Å²) in [7, 11) is 0. The number of nitrogens with one attached hydrogen (secondary N) is 1. The summed E-state index contributed by atoms with van der Waals surface area (Å²) >= 11 is 9.18. The average molecular weight is 371 g/mol. The Hall–Kier alpha value is -0.550. The summed E-state index contributed by atoms with van der Waals surface area (Å²) in [5.74, 6) is 0.0966. The largest absolute Gasteiger partial charge is 0.431 e. The fraction of sp³-hybridized carbons (Fsp3) is 0.571. The molecule has 20 heavy (non-hydrogen) atoms. The summed E-state index contributed by atoms with van der Waals surface area (Å²) in [6, 6.07) is 3.36. The van der Waals surface area contributed by atoms with Gasteiger partial charge >= 0.3 is 6.61 Å². The van der Waals surface area contributed by atoms with Crippen LogP contribution in [0.1, 0.15) is 39.5 Å². The Balaban J connectivity index is 2.95. The first-order chi connectivity index (χ1) is 9.47. The fourth-order valence-corrected chi connectivity index (χ4v) is 2.83. The van der Waals surface area contributed by atoms with Gasteiger partial charge in [0.15, 0.2) is 5.75 Å². The summed E-state index contributed by atoms with van der Waals surface area (Å²) in [4.78, 5) is 0. The van der Waals surface area contributed by atoms with Crippen LogP contribution >= 0.6 is 27.5 Å². The second-order valence-corrected chi connectivity index (χ2v) is 5.83. The van der Waals surface area contributed by atoms with Gasteiger partial charge in [-0.15, -0.1) is 0 Å². The molecule has 1 aromatic carbocycles. The van der Waals surface area contributed by atoms with Crippen molar-refractivity contribution >= 4 is 33.2 Å². The molecule has 0 spiro atoms. The first-order valence-electron chi connectivity index (χ1n) is 6.68. The number of rotatable bonds is 8. The van der Waals surface area contributed by atoms with Crippen LogP contribution in [0.4, 0.5) is 14.5 Å². The van der Waals surface area contributed by atoms with Crippen molar-refractivity contribution in [3.63, 3.8) is 0 Å². The second kappa shape index (κ2) is 8.67. The molecule has 0 radical (unpaired) electrons. The molecule has 1 rings (SSSR count). The van der Waals surface area contributed by atoms with Crippen molar-refractivity contribution in [3.05, 3.63) is 21.6 Å². The molecule has 0 bridgehead atoms. The number of ether oxygens (including phenoxy) is 1. The predicted molar refractivity (Wildman–Crippen MR) is 83.0 cm³/mol. The summed E-state index contributed by atoms with van der Waals surface area (Å²) in [5, 5.41) is 3.71. The Morgan fingerprint density at radius 1 is 1.35 bits per heavy atom. The maximum absolute atomic E-state index is 12.5. The highest BCUT2D eigenvalue weighted by Gasteiger charge is 2.17. The van der Waals surface area contributed by atoms with Crippen LogP contribution in [0.15, 0.2) is 16.6 Å². The number of benzene rings is 1. The molecule has 2 nitrogen and oxygen atoms in total. The van der Waals surface area contributed by atoms with Crippen LogP contribution in [-0.2, 0) is 0 Å². The van der Waals surface area contributed by atoms with Gasteiger partial charge in [0.2, 0.25) is 0 Å². The molecule has 0 fully saturated rings. The second-order valence-electron chi connectivity index (χ2n) is 4.53. The molecular formula is C14H19BrClF2NO. The molecule has 0 saturated heterocycles. The maximum Gasteiger partial charge on any atom is 0.387 e. The lowest BCUT2D eigenvalue weighted by Crippen LogP contribution is -2.19. The molecule has 6 heteroatoms. The lowest BCUT2D eigenvalue weighted by Gasteiger charge is -2.21. The molecule has 1 aromatic rings. The van der Waals surface area contributed by atoms with Crippen LogP contribution in [0, 0.1) is 0 Å². The molecule has 0 aliphatic carbocycles. The first-order valence-corrected chi connectivity index (χ1v) is 7.85. The molecule has 0 aromatic heterocycles. The monoisotopic (exact) mass is 369 g/mol. The SMILES string of the molecule is CCCCC(CC)Nc1cc(Cl)cc(Br)c1OC(F)F. The van der Waals surface area contributed by atoms with Gasteiger partial charge in [-0.25, -0.2) is 0 Å². The Morgan fingerprint density at radius 3 is 2.60 bits per heavy atom. The number of anilines is 1. The highest BCUT2D eigenvalue weighted by Crippen LogP contribution is 2.38. The Kier molecular flexibility index (Phi) is 7.59. The van der Waals surface area contributed by atoms with E-state index in [9.17, 15) is 8.78 Å². The Labute approximate surface area is 132 Å². The van der Waals surface area contributed by atoms with E-state index in [0.717, 1.165) is 25.7 Å². The quantitative estimate of drug-likeness (QED) is 0.598. The number of unbranched alkanes of at least 4 members (excludes halogenated alkanes) is 1. The predicted octanol–water partition coefficient (Wildman–Crippen LogP) is 6.08. The maximum atomic E-state index is 12.5. The van der Waals surface area contributed by atoms with Gasteiger partial charge in [0.1, 0.15) is 0 Å². The van der Waals surface area contributed by atoms with E-state index in [-0.39, 0.29) is 11.8 Å². The Bertz CT molecular complexity index is 432. The number of hydrogen-bond donors (Lipinski definition) is 1. The van der Waals surface area contributed by atoms with Crippen molar-refractivity contribution in [2.75, 3.05) is 5.32 Å². The summed E-state index contributed by atoms with van der Waals surface area (Å²) in [5.41, 5.74) is 0.493. The fourth-order valence-electron chi connectivity index (χ4n) is 1.93. The lowest BCUT2D eigenvalue weighted by molar-refractivity contribution is -0.0499. The summed E-state index contributed by atoms with van der Waals surface area (Å²) < 4.78 is 30.0. The number of alkyl halides is 2. The van der Waals surface area contributed by atoms with Gasteiger partial charge in [-0.05, 0) is 40.9 Å². The molecule has 1 N–H and O–H groups in total. The molecule has 0 saturated carbocycles. The molecule has 1 atom stereocenters. The minimum absolute atomic E-state index is 0.0966. The smallest absolute Gasteiger partial charge is 0.387 e. The van der Waals surface area contributed by atoms with E-state index in [1.54, 1.807) is 6.07 Å². The van der Waals surface area contributed by atoms with E-state index in [0.29, 0.717) is 15.2 Å². The average Bonchev–Trinajstić information content (AvgIpc) is 2.38. The van der Waals surface area contributed by atoms with E-state index in [1.165, 1.54) is 6.07 Å². The van der Waals surface area contributed by atoms with Gasteiger partial charge in [0.05, 0.1) is 10.2 Å². The van der Waals surface area contributed by atoms with E-state index in [4.69, 9.17) is 11.6 Å². The highest BCUT2D eigenvalue weighted by molar-refractivity contribution is 9.10. The molecule has 114 valence electrons. The zero-order chi connectivity index (χ0) is 15.1. The van der Waals surface area contributed by atoms with E-state index < -0.39 is 6.61 Å². The minimum atomic E-state index is -2.87. The van der Waals surface area contributed by atoms with E-state index in [1.807, 2.05) is 0 Å². The zero-order valence-electron chi connectivity index (χ0n) is 11.6. The molecule has 1 unspecified atom stereocenters. The zero-order valence-corrected chi connectivity index (χ0v) is 13.9. The topological polar surface area (TPSA) is 21.3 Å². The van der Waals surface area contributed by atoms with Crippen molar-refractivity contribution in [1.29, 1.82) is 0 Å². The number of hydrogen-bond acceptors (Lipinski definition) is 2. The van der Waals surface area contributed by atoms with Crippen molar-refractivity contribution in [2.45, 2.75) is 52.2 Å². The number of halogens is 4. The molecule has 0 heterocycles. The van der Waals surface area contributed by atoms with Gasteiger partial charge in [-0.2, -0.15) is 8.78 Å². The minimum Gasteiger partial charge on any atom is -0.431 e. The molecular weight excluding hydrogens is 352 g/mol. The third kappa shape index (κ3) is 5.44. The van der Waals surface area contributed by atoms with Gasteiger partial charge in [-0.1, -0.05) is 38.3 Å². The third-order valence-corrected chi connectivity index (χ3v) is 3.78. The van der Waals surface area contributed by atoms with Crippen LogP contribution in [0.5, 0.6) is 5.75 Å². The van der Waals surface area contributed by atoms with E-state index in [2.05, 4.69) is 39.8 Å². The molecule has 0 amide bonds. The van der Waals surface area contributed by atoms with Gasteiger partial charge in [-0.3, -0.25) is 0 Å². The van der Waals surface area contributed by atoms with Crippen molar-refractivity contribution < 1.29 is 13.5 Å². The standard InChI is InChI=1S/C14H19BrClF2NO/c1-3-5-6-10(4-2)19-12-8-9(16)7-11(15)13(12)20-14(17)18/h7-8,10,14,19H,3-6H2,1-2H3. The van der Waals surface area contributed by atoms with E-state index >= 15 is 0 Å². The van der Waals surface area contributed by atoms with Gasteiger partial charge < -0.3 is 10.1 Å². The van der Waals surface area contributed by atoms with Crippen LogP contribution in [0.3, 0.4) is 0 Å². The lowest BCUT2D eigenvalue weighted by atomic mass is 10.1. The van der Waals surface area contributed by atoms with Crippen molar-refractivity contribution in [3.8, 4) is 5.75 Å². The summed E-state index contributed by atoms with van der Waals surface area (Å²) in [6.45, 7) is 1.30. The van der Waals surface area contributed by atoms with Crippen LogP contribution < -0.4 is 10.1 Å². The highest BCUT2D eigenvalue weighted by atomic mass is 79.9. The van der Waals surface area contributed by atoms with Gasteiger partial charge in [0.25, 0.3) is 0 Å². The normalized spacial score (nSPS) is 12.6. The van der Waals surface area contributed by atoms with Crippen LogP contribution in [0.2, 0.25) is 5.02 Å². The van der Waals surface area contributed by atoms with Crippen LogP contribution in [-0.4, -0.2) is 12.7 Å². The van der Waals surface area contributed by atoms with Crippen molar-refractivity contribution in [2.24, 2.45) is 0 Å². The van der Waals surface area contributed by atoms with Gasteiger partial charge in [0, 0.05) is 11.1 Å². The Morgan fingerprint density at radius 2 is 2.05 bits per heavy atom. The molecule has 0 aliphatic heterocycles. The third-order valence-electron chi connectivity index (χ3n) is 2.97. The summed E-state index contributed by atoms with van der Waals surface area (Å²) in [6.07, 6.45) is 4.06. The van der Waals surface area contributed by atoms with Crippen LogP contribution in [0.25, 0.3) is 0 Å². The first kappa shape index (κ1) is 17.5.